The molecule has 2 rings (SSSR count). The third-order valence-corrected chi connectivity index (χ3v) is 3.61. The smallest absolute Gasteiger partial charge is 0.238 e. The van der Waals surface area contributed by atoms with Crippen LogP contribution in [-0.4, -0.2) is 21.7 Å². The Morgan fingerprint density at radius 3 is 2.40 bits per heavy atom. The molecule has 0 spiro atoms. The van der Waals surface area contributed by atoms with E-state index in [2.05, 4.69) is 0 Å². The molecule has 6 heteroatoms. The summed E-state index contributed by atoms with van der Waals surface area (Å²) in [7, 11) is -3.80. The zero-order valence-electron chi connectivity index (χ0n) is 10.6. The summed E-state index contributed by atoms with van der Waals surface area (Å²) in [5.41, 5.74) is 1.33. The Morgan fingerprint density at radius 2 is 1.80 bits per heavy atom. The quantitative estimate of drug-likeness (QED) is 0.920. The SMILES string of the molecule is NS(=O)(=O)c1ccc(OCCF)c(-c2ccccc2)c1. The highest BCUT2D eigenvalue weighted by Gasteiger charge is 2.13. The molecular weight excluding hydrogens is 281 g/mol. The molecule has 0 aliphatic rings. The molecule has 4 nitrogen and oxygen atoms in total. The highest BCUT2D eigenvalue weighted by Crippen LogP contribution is 2.32. The Kier molecular flexibility index (Phi) is 4.36. The lowest BCUT2D eigenvalue weighted by molar-refractivity contribution is 0.274. The van der Waals surface area contributed by atoms with Crippen molar-refractivity contribution >= 4 is 10.0 Å². The van der Waals surface area contributed by atoms with E-state index in [4.69, 9.17) is 9.88 Å². The van der Waals surface area contributed by atoms with Crippen LogP contribution < -0.4 is 9.88 Å². The van der Waals surface area contributed by atoms with Crippen molar-refractivity contribution < 1.29 is 17.5 Å². The van der Waals surface area contributed by atoms with Crippen molar-refractivity contribution in [2.45, 2.75) is 4.90 Å². The van der Waals surface area contributed by atoms with Gasteiger partial charge in [0.05, 0.1) is 4.90 Å². The van der Waals surface area contributed by atoms with Gasteiger partial charge in [-0.3, -0.25) is 0 Å². The summed E-state index contributed by atoms with van der Waals surface area (Å²) in [4.78, 5) is -0.0102. The molecule has 0 unspecified atom stereocenters. The van der Waals surface area contributed by atoms with E-state index in [9.17, 15) is 12.8 Å². The fourth-order valence-electron chi connectivity index (χ4n) is 1.80. The predicted octanol–water partition coefficient (Wildman–Crippen LogP) is 2.35. The number of ether oxygens (including phenoxy) is 1. The minimum atomic E-state index is -3.80. The van der Waals surface area contributed by atoms with E-state index in [-0.39, 0.29) is 11.5 Å². The van der Waals surface area contributed by atoms with E-state index in [0.717, 1.165) is 5.56 Å². The summed E-state index contributed by atoms with van der Waals surface area (Å²) in [6.07, 6.45) is 0. The summed E-state index contributed by atoms with van der Waals surface area (Å²) in [5.74, 6) is 0.418. The summed E-state index contributed by atoms with van der Waals surface area (Å²) in [6.45, 7) is -0.709. The number of rotatable bonds is 5. The zero-order valence-corrected chi connectivity index (χ0v) is 11.4. The van der Waals surface area contributed by atoms with Crippen molar-refractivity contribution in [3.63, 3.8) is 0 Å². The highest BCUT2D eigenvalue weighted by atomic mass is 32.2. The van der Waals surface area contributed by atoms with Gasteiger partial charge >= 0.3 is 0 Å². The van der Waals surface area contributed by atoms with Crippen LogP contribution in [0.25, 0.3) is 11.1 Å². The maximum atomic E-state index is 12.2. The van der Waals surface area contributed by atoms with Gasteiger partial charge in [-0.05, 0) is 23.8 Å². The molecule has 0 fully saturated rings. The lowest BCUT2D eigenvalue weighted by Crippen LogP contribution is -2.12. The highest BCUT2D eigenvalue weighted by molar-refractivity contribution is 7.89. The van der Waals surface area contributed by atoms with Gasteiger partial charge in [0.2, 0.25) is 10.0 Å². The number of alkyl halides is 1. The minimum absolute atomic E-state index is 0.0102. The number of nitrogens with two attached hydrogens (primary N) is 1. The van der Waals surface area contributed by atoms with Crippen LogP contribution in [0.4, 0.5) is 4.39 Å². The first-order valence-electron chi connectivity index (χ1n) is 5.93. The second kappa shape index (κ2) is 6.02. The van der Waals surface area contributed by atoms with Crippen LogP contribution in [0.1, 0.15) is 0 Å². The number of benzene rings is 2. The third-order valence-electron chi connectivity index (χ3n) is 2.70. The summed E-state index contributed by atoms with van der Waals surface area (Å²) in [6, 6.07) is 13.4. The lowest BCUT2D eigenvalue weighted by atomic mass is 10.0. The van der Waals surface area contributed by atoms with Gasteiger partial charge in [0.25, 0.3) is 0 Å². The normalized spacial score (nSPS) is 11.3. The van der Waals surface area contributed by atoms with E-state index in [1.807, 2.05) is 30.3 Å². The van der Waals surface area contributed by atoms with E-state index in [1.54, 1.807) is 0 Å². The third kappa shape index (κ3) is 3.34. The fourth-order valence-corrected chi connectivity index (χ4v) is 2.34. The topological polar surface area (TPSA) is 69.4 Å². The molecule has 2 N–H and O–H groups in total. The van der Waals surface area contributed by atoms with Gasteiger partial charge in [-0.25, -0.2) is 17.9 Å². The van der Waals surface area contributed by atoms with Crippen molar-refractivity contribution in [1.82, 2.24) is 0 Å². The number of sulfonamides is 1. The molecule has 106 valence electrons. The minimum Gasteiger partial charge on any atom is -0.490 e. The number of halogens is 1. The van der Waals surface area contributed by atoms with Gasteiger partial charge in [-0.15, -0.1) is 0 Å². The molecule has 0 aliphatic heterocycles. The van der Waals surface area contributed by atoms with Crippen molar-refractivity contribution in [2.24, 2.45) is 5.14 Å². The van der Waals surface area contributed by atoms with Gasteiger partial charge in [-0.2, -0.15) is 0 Å². The first-order chi connectivity index (χ1) is 9.52. The lowest BCUT2D eigenvalue weighted by Gasteiger charge is -2.12. The molecule has 0 amide bonds. The van der Waals surface area contributed by atoms with Crippen LogP contribution in [0.3, 0.4) is 0 Å². The van der Waals surface area contributed by atoms with E-state index < -0.39 is 16.7 Å². The molecule has 0 atom stereocenters. The van der Waals surface area contributed by atoms with Gasteiger partial charge in [0, 0.05) is 5.56 Å². The molecule has 0 bridgehead atoms. The zero-order chi connectivity index (χ0) is 14.6. The second-order valence-corrected chi connectivity index (χ2v) is 5.67. The molecule has 0 saturated heterocycles. The first-order valence-corrected chi connectivity index (χ1v) is 7.48. The van der Waals surface area contributed by atoms with E-state index in [1.165, 1.54) is 18.2 Å². The molecule has 0 aromatic heterocycles. The summed E-state index contributed by atoms with van der Waals surface area (Å²) in [5, 5.41) is 5.13. The molecule has 2 aromatic rings. The Balaban J connectivity index is 2.54. The van der Waals surface area contributed by atoms with Crippen LogP contribution >= 0.6 is 0 Å². The molecule has 0 radical (unpaired) electrons. The maximum absolute atomic E-state index is 12.2. The van der Waals surface area contributed by atoms with Gasteiger partial charge < -0.3 is 4.74 Å². The number of hydrogen-bond acceptors (Lipinski definition) is 3. The average molecular weight is 295 g/mol. The summed E-state index contributed by atoms with van der Waals surface area (Å²) >= 11 is 0. The Morgan fingerprint density at radius 1 is 1.10 bits per heavy atom. The van der Waals surface area contributed by atoms with Crippen LogP contribution in [0.5, 0.6) is 5.75 Å². The maximum Gasteiger partial charge on any atom is 0.238 e. The first kappa shape index (κ1) is 14.5. The Hall–Kier alpha value is -1.92. The number of primary sulfonamides is 1. The average Bonchev–Trinajstić information content (AvgIpc) is 2.45. The summed E-state index contributed by atoms with van der Waals surface area (Å²) < 4.78 is 40.4. The Labute approximate surface area is 117 Å². The van der Waals surface area contributed by atoms with Crippen LogP contribution in [-0.2, 0) is 10.0 Å². The number of hydrogen-bond donors (Lipinski definition) is 1. The van der Waals surface area contributed by atoms with Crippen molar-refractivity contribution in [1.29, 1.82) is 0 Å². The van der Waals surface area contributed by atoms with Crippen LogP contribution in [0.2, 0.25) is 0 Å². The van der Waals surface area contributed by atoms with E-state index in [0.29, 0.717) is 11.3 Å². The van der Waals surface area contributed by atoms with Crippen molar-refractivity contribution in [2.75, 3.05) is 13.3 Å². The molecule has 0 saturated carbocycles. The molecule has 0 aliphatic carbocycles. The Bertz CT molecular complexity index is 687. The van der Waals surface area contributed by atoms with Gasteiger partial charge in [-0.1, -0.05) is 30.3 Å². The van der Waals surface area contributed by atoms with Crippen LogP contribution in [0.15, 0.2) is 53.4 Å². The van der Waals surface area contributed by atoms with E-state index >= 15 is 0 Å². The molecule has 2 aromatic carbocycles. The second-order valence-electron chi connectivity index (χ2n) is 4.11. The van der Waals surface area contributed by atoms with Gasteiger partial charge in [0.1, 0.15) is 19.0 Å². The fraction of sp³-hybridized carbons (Fsp3) is 0.143. The molecule has 20 heavy (non-hydrogen) atoms. The predicted molar refractivity (Wildman–Crippen MR) is 74.7 cm³/mol. The molecule has 0 heterocycles. The van der Waals surface area contributed by atoms with Crippen LogP contribution in [0, 0.1) is 0 Å². The standard InChI is InChI=1S/C14H14FNO3S/c15-8-9-19-14-7-6-12(20(16,17)18)10-13(14)11-4-2-1-3-5-11/h1-7,10H,8-9H2,(H2,16,17,18). The van der Waals surface area contributed by atoms with Gasteiger partial charge in [0.15, 0.2) is 0 Å². The molecular formula is C14H14FNO3S. The monoisotopic (exact) mass is 295 g/mol. The van der Waals surface area contributed by atoms with Crippen molar-refractivity contribution in [3.05, 3.63) is 48.5 Å². The van der Waals surface area contributed by atoms with Crippen molar-refractivity contribution in [3.8, 4) is 16.9 Å². The largest absolute Gasteiger partial charge is 0.490 e.